The Morgan fingerprint density at radius 3 is 2.88 bits per heavy atom. The maximum Gasteiger partial charge on any atom is 0.0408 e. The second-order valence-corrected chi connectivity index (χ2v) is 4.32. The Balaban J connectivity index is 2.80. The second-order valence-electron chi connectivity index (χ2n) is 3.88. The van der Waals surface area contributed by atoms with Gasteiger partial charge in [0, 0.05) is 24.5 Å². The van der Waals surface area contributed by atoms with Gasteiger partial charge in [0.2, 0.25) is 0 Å². The van der Waals surface area contributed by atoms with Crippen molar-refractivity contribution in [3.63, 3.8) is 0 Å². The second kappa shape index (κ2) is 6.69. The number of nitrogens with zero attached hydrogens (tertiary/aromatic N) is 1. The molecule has 1 N–H and O–H groups in total. The van der Waals surface area contributed by atoms with E-state index in [1.165, 1.54) is 5.56 Å². The van der Waals surface area contributed by atoms with Gasteiger partial charge in [0.15, 0.2) is 0 Å². The van der Waals surface area contributed by atoms with Crippen LogP contribution in [0.15, 0.2) is 36.9 Å². The number of benzene rings is 1. The van der Waals surface area contributed by atoms with Crippen LogP contribution in [0.25, 0.3) is 0 Å². The number of rotatable bonds is 6. The average Bonchev–Trinajstić information content (AvgIpc) is 2.28. The van der Waals surface area contributed by atoms with Gasteiger partial charge in [-0.05, 0) is 31.2 Å². The van der Waals surface area contributed by atoms with Gasteiger partial charge in [-0.3, -0.25) is 5.43 Å². The highest BCUT2D eigenvalue weighted by molar-refractivity contribution is 6.30. The fraction of sp³-hybridized carbons (Fsp3) is 0.385. The van der Waals surface area contributed by atoms with E-state index in [-0.39, 0.29) is 0 Å². The van der Waals surface area contributed by atoms with Gasteiger partial charge < -0.3 is 0 Å². The summed E-state index contributed by atoms with van der Waals surface area (Å²) < 4.78 is 0. The zero-order chi connectivity index (χ0) is 12.0. The number of hydrogen-bond donors (Lipinski definition) is 1. The molecule has 0 heterocycles. The Bertz CT molecular complexity index is 338. The number of hydrogen-bond acceptors (Lipinski definition) is 2. The van der Waals surface area contributed by atoms with Crippen molar-refractivity contribution in [2.75, 3.05) is 20.6 Å². The molecule has 1 atom stereocenters. The van der Waals surface area contributed by atoms with Crippen LogP contribution in [0.5, 0.6) is 0 Å². The van der Waals surface area contributed by atoms with Gasteiger partial charge in [-0.15, -0.1) is 6.58 Å². The summed E-state index contributed by atoms with van der Waals surface area (Å²) in [4.78, 5) is 0. The highest BCUT2D eigenvalue weighted by atomic mass is 35.5. The Labute approximate surface area is 103 Å². The van der Waals surface area contributed by atoms with Crippen molar-refractivity contribution in [3.8, 4) is 0 Å². The molecule has 0 fully saturated rings. The molecule has 0 radical (unpaired) electrons. The molecule has 1 rings (SSSR count). The molecule has 16 heavy (non-hydrogen) atoms. The van der Waals surface area contributed by atoms with E-state index in [4.69, 9.17) is 11.6 Å². The lowest BCUT2D eigenvalue weighted by Crippen LogP contribution is -2.34. The maximum atomic E-state index is 6.00. The Hall–Kier alpha value is -0.830. The zero-order valence-electron chi connectivity index (χ0n) is 9.91. The fourth-order valence-electron chi connectivity index (χ4n) is 1.70. The van der Waals surface area contributed by atoms with Gasteiger partial charge in [-0.25, -0.2) is 5.01 Å². The standard InChI is InChI=1S/C13H19ClN2/c1-4-6-12(10-16(3)15-2)11-7-5-8-13(14)9-11/h4-5,7-9,12,15H,1,6,10H2,2-3H3. The van der Waals surface area contributed by atoms with Crippen LogP contribution in [-0.4, -0.2) is 25.6 Å². The van der Waals surface area contributed by atoms with E-state index in [1.807, 2.05) is 38.4 Å². The number of halogens is 1. The van der Waals surface area contributed by atoms with E-state index in [0.717, 1.165) is 18.0 Å². The summed E-state index contributed by atoms with van der Waals surface area (Å²) in [6.45, 7) is 4.74. The van der Waals surface area contributed by atoms with E-state index >= 15 is 0 Å². The van der Waals surface area contributed by atoms with Gasteiger partial charge >= 0.3 is 0 Å². The van der Waals surface area contributed by atoms with Gasteiger partial charge in [-0.2, -0.15) is 0 Å². The van der Waals surface area contributed by atoms with E-state index in [2.05, 4.69) is 23.1 Å². The third-order valence-corrected chi connectivity index (χ3v) is 2.88. The van der Waals surface area contributed by atoms with Crippen molar-refractivity contribution in [3.05, 3.63) is 47.5 Å². The summed E-state index contributed by atoms with van der Waals surface area (Å²) >= 11 is 6.00. The van der Waals surface area contributed by atoms with Crippen molar-refractivity contribution in [1.29, 1.82) is 0 Å². The largest absolute Gasteiger partial charge is 0.259 e. The van der Waals surface area contributed by atoms with Crippen molar-refractivity contribution in [2.45, 2.75) is 12.3 Å². The summed E-state index contributed by atoms with van der Waals surface area (Å²) in [6.07, 6.45) is 2.90. The number of likely N-dealkylation sites (N-methyl/N-ethyl adjacent to an activating group) is 1. The topological polar surface area (TPSA) is 15.3 Å². The summed E-state index contributed by atoms with van der Waals surface area (Å²) in [5.41, 5.74) is 4.36. The quantitative estimate of drug-likeness (QED) is 0.605. The summed E-state index contributed by atoms with van der Waals surface area (Å²) in [6, 6.07) is 8.04. The molecule has 0 aliphatic rings. The van der Waals surface area contributed by atoms with Crippen LogP contribution in [0.3, 0.4) is 0 Å². The van der Waals surface area contributed by atoms with Crippen LogP contribution in [0.2, 0.25) is 5.02 Å². The average molecular weight is 239 g/mol. The third kappa shape index (κ3) is 3.97. The smallest absolute Gasteiger partial charge is 0.0408 e. The van der Waals surface area contributed by atoms with E-state index in [0.29, 0.717) is 5.92 Å². The molecular weight excluding hydrogens is 220 g/mol. The first-order valence-corrected chi connectivity index (χ1v) is 5.80. The lowest BCUT2D eigenvalue weighted by atomic mass is 9.95. The highest BCUT2D eigenvalue weighted by Gasteiger charge is 2.12. The lowest BCUT2D eigenvalue weighted by Gasteiger charge is -2.22. The number of nitrogens with one attached hydrogen (secondary N) is 1. The molecule has 0 saturated carbocycles. The van der Waals surface area contributed by atoms with E-state index in [1.54, 1.807) is 0 Å². The first kappa shape index (κ1) is 13.2. The van der Waals surface area contributed by atoms with Crippen molar-refractivity contribution < 1.29 is 0 Å². The highest BCUT2D eigenvalue weighted by Crippen LogP contribution is 2.23. The predicted octanol–water partition coefficient (Wildman–Crippen LogP) is 3.07. The van der Waals surface area contributed by atoms with Crippen LogP contribution in [0.1, 0.15) is 17.9 Å². The van der Waals surface area contributed by atoms with Gasteiger partial charge in [0.25, 0.3) is 0 Å². The first-order chi connectivity index (χ1) is 7.67. The minimum absolute atomic E-state index is 0.425. The molecule has 0 saturated heterocycles. The van der Waals surface area contributed by atoms with Crippen LogP contribution in [0, 0.1) is 0 Å². The summed E-state index contributed by atoms with van der Waals surface area (Å²) in [5, 5.41) is 2.85. The molecule has 3 heteroatoms. The minimum Gasteiger partial charge on any atom is -0.259 e. The molecular formula is C13H19ClN2. The van der Waals surface area contributed by atoms with Gasteiger partial charge in [-0.1, -0.05) is 29.8 Å². The monoisotopic (exact) mass is 238 g/mol. The van der Waals surface area contributed by atoms with Crippen LogP contribution < -0.4 is 5.43 Å². The molecule has 0 aliphatic carbocycles. The number of hydrazine groups is 1. The molecule has 0 spiro atoms. The van der Waals surface area contributed by atoms with Gasteiger partial charge in [0.1, 0.15) is 0 Å². The first-order valence-electron chi connectivity index (χ1n) is 5.42. The van der Waals surface area contributed by atoms with Crippen molar-refractivity contribution in [2.24, 2.45) is 0 Å². The Morgan fingerprint density at radius 2 is 2.31 bits per heavy atom. The van der Waals surface area contributed by atoms with Crippen LogP contribution in [-0.2, 0) is 0 Å². The number of allylic oxidation sites excluding steroid dienone is 1. The molecule has 0 aromatic heterocycles. The lowest BCUT2D eigenvalue weighted by molar-refractivity contribution is 0.243. The van der Waals surface area contributed by atoms with Crippen LogP contribution in [0.4, 0.5) is 0 Å². The molecule has 1 unspecified atom stereocenters. The van der Waals surface area contributed by atoms with Crippen molar-refractivity contribution >= 4 is 11.6 Å². The molecule has 1 aromatic rings. The Morgan fingerprint density at radius 1 is 1.56 bits per heavy atom. The minimum atomic E-state index is 0.425. The summed E-state index contributed by atoms with van der Waals surface area (Å²) in [7, 11) is 3.95. The van der Waals surface area contributed by atoms with Crippen molar-refractivity contribution in [1.82, 2.24) is 10.4 Å². The van der Waals surface area contributed by atoms with E-state index < -0.39 is 0 Å². The van der Waals surface area contributed by atoms with Crippen LogP contribution >= 0.6 is 11.6 Å². The molecule has 0 amide bonds. The molecule has 1 aromatic carbocycles. The maximum absolute atomic E-state index is 6.00. The third-order valence-electron chi connectivity index (χ3n) is 2.65. The van der Waals surface area contributed by atoms with E-state index in [9.17, 15) is 0 Å². The normalized spacial score (nSPS) is 12.8. The van der Waals surface area contributed by atoms with Gasteiger partial charge in [0.05, 0.1) is 0 Å². The molecule has 88 valence electrons. The predicted molar refractivity (Wildman–Crippen MR) is 70.7 cm³/mol. The SMILES string of the molecule is C=CCC(CN(C)NC)c1cccc(Cl)c1. The molecule has 2 nitrogen and oxygen atoms in total. The molecule has 0 bridgehead atoms. The molecule has 0 aliphatic heterocycles. The summed E-state index contributed by atoms with van der Waals surface area (Å²) in [5.74, 6) is 0.425. The zero-order valence-corrected chi connectivity index (χ0v) is 10.7. The Kier molecular flexibility index (Phi) is 5.53. The fourth-order valence-corrected chi connectivity index (χ4v) is 1.90.